The molecule has 0 saturated heterocycles. The number of ether oxygens (including phenoxy) is 3. The van der Waals surface area contributed by atoms with Crippen LogP contribution in [-0.4, -0.2) is 51.2 Å². The predicted molar refractivity (Wildman–Crippen MR) is 86.5 cm³/mol. The van der Waals surface area contributed by atoms with Crippen LogP contribution in [0, 0.1) is 0 Å². The molecule has 1 aromatic rings. The third-order valence-electron chi connectivity index (χ3n) is 3.80. The van der Waals surface area contributed by atoms with E-state index in [1.165, 1.54) is 23.1 Å². The number of carbonyl (C=O) groups is 1. The molecule has 6 nitrogen and oxygen atoms in total. The first-order valence-corrected chi connectivity index (χ1v) is 8.21. The lowest BCUT2D eigenvalue weighted by atomic mass is 9.94. The fraction of sp³-hybridized carbons (Fsp3) is 0.533. The molecule has 0 aliphatic carbocycles. The Hall–Kier alpha value is -1.60. The van der Waals surface area contributed by atoms with Gasteiger partial charge >= 0.3 is 6.09 Å². The van der Waals surface area contributed by atoms with Crippen molar-refractivity contribution < 1.29 is 19.0 Å². The molecule has 1 unspecified atom stereocenters. The number of nitrogens with zero attached hydrogens (tertiary/aromatic N) is 1. The molecule has 1 aromatic carbocycles. The van der Waals surface area contributed by atoms with Gasteiger partial charge in [0.1, 0.15) is 6.61 Å². The third-order valence-corrected chi connectivity index (χ3v) is 4.17. The zero-order chi connectivity index (χ0) is 16.1. The lowest BCUT2D eigenvalue weighted by Gasteiger charge is -2.34. The second-order valence-corrected chi connectivity index (χ2v) is 5.77. The minimum atomic E-state index is -0.404. The van der Waals surface area contributed by atoms with Crippen LogP contribution >= 0.6 is 11.9 Å². The van der Waals surface area contributed by atoms with Gasteiger partial charge in [0.15, 0.2) is 11.5 Å². The summed E-state index contributed by atoms with van der Waals surface area (Å²) in [5, 5.41) is 0. The zero-order valence-corrected chi connectivity index (χ0v) is 14.2. The van der Waals surface area contributed by atoms with Gasteiger partial charge in [-0.1, -0.05) is 11.9 Å². The molecule has 2 rings (SSSR count). The second-order valence-electron chi connectivity index (χ2n) is 5.15. The van der Waals surface area contributed by atoms with Crippen molar-refractivity contribution in [2.24, 2.45) is 0 Å². The average Bonchev–Trinajstić information content (AvgIpc) is 2.51. The number of methoxy groups -OCH3 is 2. The van der Waals surface area contributed by atoms with Gasteiger partial charge in [-0.05, 0) is 36.7 Å². The molecule has 1 N–H and O–H groups in total. The van der Waals surface area contributed by atoms with E-state index in [1.807, 2.05) is 19.2 Å². The third kappa shape index (κ3) is 3.78. The largest absolute Gasteiger partial charge is 0.493 e. The number of amides is 1. The summed E-state index contributed by atoms with van der Waals surface area (Å²) in [4.78, 5) is 13.6. The van der Waals surface area contributed by atoms with Crippen molar-refractivity contribution in [2.75, 3.05) is 34.1 Å². The van der Waals surface area contributed by atoms with Gasteiger partial charge in [0.05, 0.1) is 14.2 Å². The first-order chi connectivity index (χ1) is 10.6. The summed E-state index contributed by atoms with van der Waals surface area (Å²) in [5.41, 5.74) is 2.42. The van der Waals surface area contributed by atoms with E-state index in [1.54, 1.807) is 20.5 Å². The van der Waals surface area contributed by atoms with Crippen molar-refractivity contribution in [3.63, 3.8) is 0 Å². The number of hydrogen-bond donors (Lipinski definition) is 1. The van der Waals surface area contributed by atoms with E-state index < -0.39 is 6.09 Å². The van der Waals surface area contributed by atoms with E-state index in [0.29, 0.717) is 6.61 Å². The molecule has 1 aliphatic heterocycles. The monoisotopic (exact) mass is 326 g/mol. The van der Waals surface area contributed by atoms with Crippen LogP contribution in [0.25, 0.3) is 0 Å². The second kappa shape index (κ2) is 7.60. The lowest BCUT2D eigenvalue weighted by Crippen LogP contribution is -2.41. The van der Waals surface area contributed by atoms with Gasteiger partial charge in [-0.25, -0.2) is 4.79 Å². The van der Waals surface area contributed by atoms with Gasteiger partial charge in [-0.2, -0.15) is 0 Å². The van der Waals surface area contributed by atoms with Gasteiger partial charge in [0.25, 0.3) is 0 Å². The Morgan fingerprint density at radius 3 is 2.55 bits per heavy atom. The van der Waals surface area contributed by atoms with Crippen molar-refractivity contribution in [2.45, 2.75) is 19.0 Å². The number of benzene rings is 1. The molecule has 0 fully saturated rings. The average molecular weight is 326 g/mol. The number of fused-ring (bicyclic) bond motifs is 1. The zero-order valence-electron chi connectivity index (χ0n) is 13.3. The van der Waals surface area contributed by atoms with E-state index in [-0.39, 0.29) is 6.04 Å². The summed E-state index contributed by atoms with van der Waals surface area (Å²) in [6.45, 7) is 1.14. The van der Waals surface area contributed by atoms with Crippen LogP contribution < -0.4 is 14.2 Å². The minimum Gasteiger partial charge on any atom is -0.493 e. The van der Waals surface area contributed by atoms with E-state index in [2.05, 4.69) is 9.62 Å². The highest BCUT2D eigenvalue weighted by Gasteiger charge is 2.26. The molecule has 1 amide bonds. The maximum atomic E-state index is 11.4. The van der Waals surface area contributed by atoms with Crippen LogP contribution in [0.4, 0.5) is 4.79 Å². The molecule has 0 bridgehead atoms. The van der Waals surface area contributed by atoms with Gasteiger partial charge in [0.2, 0.25) is 0 Å². The molecule has 0 radical (unpaired) electrons. The molecular formula is C15H22N2O4S. The van der Waals surface area contributed by atoms with Crippen LogP contribution in [0.1, 0.15) is 11.1 Å². The number of likely N-dealkylation sites (N-methyl/N-ethyl adjacent to an activating group) is 1. The van der Waals surface area contributed by atoms with E-state index >= 15 is 0 Å². The van der Waals surface area contributed by atoms with Crippen LogP contribution in [0.3, 0.4) is 0 Å². The van der Waals surface area contributed by atoms with Crippen LogP contribution in [0.2, 0.25) is 0 Å². The summed E-state index contributed by atoms with van der Waals surface area (Å²) in [6, 6.07) is 4.18. The van der Waals surface area contributed by atoms with Gasteiger partial charge < -0.3 is 14.2 Å². The summed E-state index contributed by atoms with van der Waals surface area (Å²) in [6.07, 6.45) is 2.18. The molecule has 0 aromatic heterocycles. The number of nitrogens with one attached hydrogen (secondary N) is 1. The molecule has 1 aliphatic rings. The number of carbonyl (C=O) groups excluding carboxylic acids is 1. The maximum Gasteiger partial charge on any atom is 0.417 e. The Bertz CT molecular complexity index is 539. The van der Waals surface area contributed by atoms with Crippen LogP contribution in [0.5, 0.6) is 11.5 Å². The summed E-state index contributed by atoms with van der Waals surface area (Å²) < 4.78 is 18.5. The van der Waals surface area contributed by atoms with Crippen molar-refractivity contribution in [1.82, 2.24) is 9.62 Å². The molecule has 0 spiro atoms. The highest BCUT2D eigenvalue weighted by Crippen LogP contribution is 2.34. The molecule has 0 saturated carbocycles. The fourth-order valence-corrected chi connectivity index (χ4v) is 2.80. The normalized spacial score (nSPS) is 17.5. The van der Waals surface area contributed by atoms with E-state index in [9.17, 15) is 4.79 Å². The number of rotatable bonds is 5. The highest BCUT2D eigenvalue weighted by molar-refractivity contribution is 7.97. The van der Waals surface area contributed by atoms with Crippen molar-refractivity contribution >= 4 is 18.0 Å². The van der Waals surface area contributed by atoms with Gasteiger partial charge in [-0.15, -0.1) is 0 Å². The summed E-state index contributed by atoms with van der Waals surface area (Å²) >= 11 is 1.23. The Kier molecular flexibility index (Phi) is 5.79. The standard InChI is InChI=1S/C15H22N2O4S/c1-17-8-11-7-14(20-3)13(19-2)6-10(11)5-12(17)9-21-15(18)16-22-4/h6-7,12H,5,8-9H2,1-4H3,(H,16,18). The lowest BCUT2D eigenvalue weighted by molar-refractivity contribution is 0.0969. The number of hydrogen-bond acceptors (Lipinski definition) is 6. The first-order valence-electron chi connectivity index (χ1n) is 6.98. The molecule has 1 heterocycles. The van der Waals surface area contributed by atoms with Crippen molar-refractivity contribution in [3.05, 3.63) is 23.3 Å². The smallest absolute Gasteiger partial charge is 0.417 e. The summed E-state index contributed by atoms with van der Waals surface area (Å²) in [7, 11) is 5.30. The van der Waals surface area contributed by atoms with Gasteiger partial charge in [-0.3, -0.25) is 9.62 Å². The molecule has 22 heavy (non-hydrogen) atoms. The molecule has 1 atom stereocenters. The molecule has 122 valence electrons. The SMILES string of the molecule is COc1cc2c(cc1OC)CN(C)C(COC(=O)NSC)C2. The molecule has 7 heteroatoms. The quantitative estimate of drug-likeness (QED) is 0.836. The Morgan fingerprint density at radius 2 is 1.95 bits per heavy atom. The molecular weight excluding hydrogens is 304 g/mol. The fourth-order valence-electron chi connectivity index (χ4n) is 2.58. The van der Waals surface area contributed by atoms with Crippen molar-refractivity contribution in [3.8, 4) is 11.5 Å². The summed E-state index contributed by atoms with van der Waals surface area (Å²) in [5.74, 6) is 1.47. The van der Waals surface area contributed by atoms with Crippen molar-refractivity contribution in [1.29, 1.82) is 0 Å². The Morgan fingerprint density at radius 1 is 1.32 bits per heavy atom. The highest BCUT2D eigenvalue weighted by atomic mass is 32.2. The predicted octanol–water partition coefficient (Wildman–Crippen LogP) is 2.06. The van der Waals surface area contributed by atoms with E-state index in [4.69, 9.17) is 14.2 Å². The van der Waals surface area contributed by atoms with Gasteiger partial charge in [0, 0.05) is 18.8 Å². The first kappa shape index (κ1) is 16.8. The maximum absolute atomic E-state index is 11.4. The Labute approximate surface area is 135 Å². The van der Waals surface area contributed by atoms with Crippen LogP contribution in [0.15, 0.2) is 12.1 Å². The Balaban J connectivity index is 2.09. The van der Waals surface area contributed by atoms with E-state index in [0.717, 1.165) is 24.5 Å². The topological polar surface area (TPSA) is 60.0 Å². The minimum absolute atomic E-state index is 0.151. The van der Waals surface area contributed by atoms with Crippen LogP contribution in [-0.2, 0) is 17.7 Å².